The summed E-state index contributed by atoms with van der Waals surface area (Å²) in [6, 6.07) is 7.05. The van der Waals surface area contributed by atoms with Crippen molar-refractivity contribution >= 4 is 39.9 Å². The number of nitrogens with one attached hydrogen (secondary N) is 2. The van der Waals surface area contributed by atoms with E-state index in [0.717, 1.165) is 42.7 Å². The Morgan fingerprint density at radius 2 is 1.79 bits per heavy atom. The van der Waals surface area contributed by atoms with E-state index in [1.807, 2.05) is 0 Å². The average Bonchev–Trinajstić information content (AvgIpc) is 3.11. The van der Waals surface area contributed by atoms with Crippen molar-refractivity contribution < 1.29 is 9.59 Å². The van der Waals surface area contributed by atoms with E-state index in [1.165, 1.54) is 30.6 Å². The lowest BCUT2D eigenvalue weighted by Crippen LogP contribution is -2.40. The highest BCUT2D eigenvalue weighted by Crippen LogP contribution is 2.37. The summed E-state index contributed by atoms with van der Waals surface area (Å²) in [5.41, 5.74) is 1.38. The summed E-state index contributed by atoms with van der Waals surface area (Å²) in [7, 11) is 0. The van der Waals surface area contributed by atoms with Gasteiger partial charge in [0.25, 0.3) is 5.91 Å². The standard InChI is InChI=1S/C21H24ClN3O2S/c22-14-11-9-13(10-12-14)19(26)25-21-24-18-16(7-4-8-17(18)28-21)20(27)23-15-5-2-1-3-6-15/h9-12,15-16H,1-8H2,(H,23,27)(H,24,25,26). The summed E-state index contributed by atoms with van der Waals surface area (Å²) in [5, 5.41) is 7.25. The molecule has 2 aromatic rings. The lowest BCUT2D eigenvalue weighted by molar-refractivity contribution is -0.123. The smallest absolute Gasteiger partial charge is 0.257 e. The molecule has 2 aliphatic carbocycles. The van der Waals surface area contributed by atoms with Gasteiger partial charge >= 0.3 is 0 Å². The molecule has 28 heavy (non-hydrogen) atoms. The van der Waals surface area contributed by atoms with Crippen LogP contribution in [-0.4, -0.2) is 22.8 Å². The van der Waals surface area contributed by atoms with E-state index in [9.17, 15) is 9.59 Å². The Balaban J connectivity index is 1.46. The van der Waals surface area contributed by atoms with Gasteiger partial charge in [0.2, 0.25) is 5.91 Å². The Kier molecular flexibility index (Phi) is 5.97. The molecular formula is C21H24ClN3O2S. The van der Waals surface area contributed by atoms with Crippen LogP contribution >= 0.6 is 22.9 Å². The van der Waals surface area contributed by atoms with Crippen LogP contribution in [0, 0.1) is 0 Å². The third-order valence-corrected chi connectivity index (χ3v) is 6.85. The Morgan fingerprint density at radius 3 is 2.54 bits per heavy atom. The van der Waals surface area contributed by atoms with Crippen LogP contribution in [0.25, 0.3) is 0 Å². The fourth-order valence-corrected chi connectivity index (χ4v) is 5.23. The number of nitrogens with zero attached hydrogens (tertiary/aromatic N) is 1. The number of aryl methyl sites for hydroxylation is 1. The molecule has 1 aromatic heterocycles. The summed E-state index contributed by atoms with van der Waals surface area (Å²) in [5.74, 6) is -0.331. The molecule has 4 rings (SSSR count). The molecule has 1 atom stereocenters. The van der Waals surface area contributed by atoms with Crippen LogP contribution in [0.1, 0.15) is 71.8 Å². The number of benzene rings is 1. The van der Waals surface area contributed by atoms with Crippen LogP contribution in [0.5, 0.6) is 0 Å². The van der Waals surface area contributed by atoms with Crippen molar-refractivity contribution in [3.63, 3.8) is 0 Å². The highest BCUT2D eigenvalue weighted by atomic mass is 35.5. The number of fused-ring (bicyclic) bond motifs is 1. The van der Waals surface area contributed by atoms with Gasteiger partial charge in [0, 0.05) is 21.5 Å². The molecule has 148 valence electrons. The predicted molar refractivity (Wildman–Crippen MR) is 112 cm³/mol. The predicted octanol–water partition coefficient (Wildman–Crippen LogP) is 4.92. The summed E-state index contributed by atoms with van der Waals surface area (Å²) >= 11 is 7.36. The Hall–Kier alpha value is -1.92. The van der Waals surface area contributed by atoms with E-state index in [0.29, 0.717) is 21.8 Å². The van der Waals surface area contributed by atoms with Crippen molar-refractivity contribution in [1.29, 1.82) is 0 Å². The van der Waals surface area contributed by atoms with E-state index in [-0.39, 0.29) is 17.7 Å². The third-order valence-electron chi connectivity index (χ3n) is 5.55. The fourth-order valence-electron chi connectivity index (χ4n) is 4.05. The van der Waals surface area contributed by atoms with Gasteiger partial charge in [-0.05, 0) is 56.4 Å². The topological polar surface area (TPSA) is 71.1 Å². The second kappa shape index (κ2) is 8.62. The number of thiazole rings is 1. The number of aromatic nitrogens is 1. The van der Waals surface area contributed by atoms with Crippen molar-refractivity contribution in [2.24, 2.45) is 0 Å². The highest BCUT2D eigenvalue weighted by molar-refractivity contribution is 7.16. The first kappa shape index (κ1) is 19.4. The molecule has 5 nitrogen and oxygen atoms in total. The van der Waals surface area contributed by atoms with Crippen LogP contribution in [0.4, 0.5) is 5.13 Å². The van der Waals surface area contributed by atoms with Gasteiger partial charge in [0.1, 0.15) is 0 Å². The normalized spacial score (nSPS) is 19.7. The van der Waals surface area contributed by atoms with E-state index >= 15 is 0 Å². The Bertz CT molecular complexity index is 859. The van der Waals surface area contributed by atoms with Crippen molar-refractivity contribution in [2.45, 2.75) is 63.3 Å². The molecule has 0 bridgehead atoms. The van der Waals surface area contributed by atoms with Crippen LogP contribution in [-0.2, 0) is 11.2 Å². The molecule has 1 saturated carbocycles. The highest BCUT2D eigenvalue weighted by Gasteiger charge is 2.31. The minimum atomic E-state index is -0.217. The van der Waals surface area contributed by atoms with E-state index < -0.39 is 0 Å². The first-order valence-electron chi connectivity index (χ1n) is 9.97. The van der Waals surface area contributed by atoms with Gasteiger partial charge in [-0.1, -0.05) is 30.9 Å². The van der Waals surface area contributed by atoms with Crippen molar-refractivity contribution in [3.05, 3.63) is 45.4 Å². The molecule has 0 radical (unpaired) electrons. The summed E-state index contributed by atoms with van der Waals surface area (Å²) in [6.45, 7) is 0. The molecule has 1 heterocycles. The SMILES string of the molecule is O=C(Nc1nc2c(s1)CCCC2C(=O)NC1CCCCC1)c1ccc(Cl)cc1. The molecule has 7 heteroatoms. The maximum absolute atomic E-state index is 12.9. The molecule has 1 unspecified atom stereocenters. The van der Waals surface area contributed by atoms with E-state index in [1.54, 1.807) is 24.3 Å². The average molecular weight is 418 g/mol. The monoisotopic (exact) mass is 417 g/mol. The van der Waals surface area contributed by atoms with E-state index in [2.05, 4.69) is 15.6 Å². The number of anilines is 1. The molecule has 0 aliphatic heterocycles. The number of hydrogen-bond acceptors (Lipinski definition) is 4. The van der Waals surface area contributed by atoms with Gasteiger partial charge in [-0.25, -0.2) is 4.98 Å². The van der Waals surface area contributed by atoms with Crippen molar-refractivity contribution in [3.8, 4) is 0 Å². The van der Waals surface area contributed by atoms with E-state index in [4.69, 9.17) is 11.6 Å². The minimum Gasteiger partial charge on any atom is -0.353 e. The third kappa shape index (κ3) is 4.39. The number of carbonyl (C=O) groups excluding carboxylic acids is 2. The lowest BCUT2D eigenvalue weighted by atomic mass is 9.89. The number of carbonyl (C=O) groups is 2. The van der Waals surface area contributed by atoms with Crippen molar-refractivity contribution in [2.75, 3.05) is 5.32 Å². The molecule has 0 saturated heterocycles. The van der Waals surface area contributed by atoms with Gasteiger partial charge in [0.15, 0.2) is 5.13 Å². The second-order valence-electron chi connectivity index (χ2n) is 7.58. The zero-order chi connectivity index (χ0) is 19.5. The largest absolute Gasteiger partial charge is 0.353 e. The number of rotatable bonds is 4. The molecule has 1 aromatic carbocycles. The summed E-state index contributed by atoms with van der Waals surface area (Å²) < 4.78 is 0. The number of halogens is 1. The second-order valence-corrected chi connectivity index (χ2v) is 9.10. The zero-order valence-corrected chi connectivity index (χ0v) is 17.2. The molecular weight excluding hydrogens is 394 g/mol. The summed E-state index contributed by atoms with van der Waals surface area (Å²) in [6.07, 6.45) is 8.51. The molecule has 2 amide bonds. The number of amides is 2. The molecule has 2 N–H and O–H groups in total. The number of hydrogen-bond donors (Lipinski definition) is 2. The maximum atomic E-state index is 12.9. The first-order chi connectivity index (χ1) is 13.6. The van der Waals surface area contributed by atoms with Gasteiger partial charge in [-0.2, -0.15) is 0 Å². The van der Waals surface area contributed by atoms with Gasteiger partial charge in [-0.3, -0.25) is 14.9 Å². The van der Waals surface area contributed by atoms with Crippen LogP contribution < -0.4 is 10.6 Å². The molecule has 1 fully saturated rings. The van der Waals surface area contributed by atoms with Crippen LogP contribution in [0.3, 0.4) is 0 Å². The van der Waals surface area contributed by atoms with Gasteiger partial charge < -0.3 is 5.32 Å². The fraction of sp³-hybridized carbons (Fsp3) is 0.476. The Labute approximate surface area is 173 Å². The molecule has 2 aliphatic rings. The maximum Gasteiger partial charge on any atom is 0.257 e. The minimum absolute atomic E-state index is 0.0914. The summed E-state index contributed by atoms with van der Waals surface area (Å²) in [4.78, 5) is 31.1. The van der Waals surface area contributed by atoms with Crippen molar-refractivity contribution in [1.82, 2.24) is 10.3 Å². The molecule has 0 spiro atoms. The lowest BCUT2D eigenvalue weighted by Gasteiger charge is -2.26. The van der Waals surface area contributed by atoms with Crippen LogP contribution in [0.15, 0.2) is 24.3 Å². The van der Waals surface area contributed by atoms with Gasteiger partial charge in [-0.15, -0.1) is 11.3 Å². The Morgan fingerprint density at radius 1 is 1.04 bits per heavy atom. The van der Waals surface area contributed by atoms with Crippen LogP contribution in [0.2, 0.25) is 5.02 Å². The first-order valence-corrected chi connectivity index (χ1v) is 11.2. The van der Waals surface area contributed by atoms with Gasteiger partial charge in [0.05, 0.1) is 11.6 Å². The zero-order valence-electron chi connectivity index (χ0n) is 15.7. The quantitative estimate of drug-likeness (QED) is 0.741.